The largest absolute Gasteiger partial charge is 0.463 e. The number of esters is 1. The number of hydrogen-bond acceptors (Lipinski definition) is 14. The van der Waals surface area contributed by atoms with Gasteiger partial charge in [-0.3, -0.25) is 9.46 Å². The van der Waals surface area contributed by atoms with E-state index in [1.807, 2.05) is 26.8 Å². The van der Waals surface area contributed by atoms with Gasteiger partial charge in [-0.25, -0.2) is 14.1 Å². The molecule has 16 nitrogen and oxygen atoms in total. The fourth-order valence-corrected chi connectivity index (χ4v) is 10.2. The molecule has 2 aliphatic heterocycles. The van der Waals surface area contributed by atoms with Crippen LogP contribution >= 0.6 is 19.2 Å². The van der Waals surface area contributed by atoms with Gasteiger partial charge in [0.25, 0.3) is 5.34 Å². The summed E-state index contributed by atoms with van der Waals surface area (Å²) in [5.74, 6) is -1.65. The van der Waals surface area contributed by atoms with Crippen LogP contribution < -0.4 is 4.90 Å². The normalized spacial score (nSPS) is 23.8. The van der Waals surface area contributed by atoms with Gasteiger partial charge in [-0.15, -0.1) is 5.10 Å². The van der Waals surface area contributed by atoms with Crippen LogP contribution in [0.2, 0.25) is 31.0 Å². The Morgan fingerprint density at radius 1 is 1.04 bits per heavy atom. The lowest BCUT2D eigenvalue weighted by molar-refractivity contribution is -0.202. The minimum absolute atomic E-state index is 0.0191. The van der Waals surface area contributed by atoms with E-state index in [1.165, 1.54) is 0 Å². The molecule has 2 aromatic heterocycles. The van der Waals surface area contributed by atoms with Gasteiger partial charge in [0, 0.05) is 20.7 Å². The van der Waals surface area contributed by atoms with E-state index in [1.54, 1.807) is 50.1 Å². The summed E-state index contributed by atoms with van der Waals surface area (Å²) in [7, 11) is -5.94. The van der Waals surface area contributed by atoms with Gasteiger partial charge in [-0.2, -0.15) is 4.98 Å². The molecule has 1 saturated carbocycles. The van der Waals surface area contributed by atoms with Crippen LogP contribution in [0.25, 0.3) is 5.52 Å². The van der Waals surface area contributed by atoms with Gasteiger partial charge in [0.2, 0.25) is 5.28 Å². The second-order valence-corrected chi connectivity index (χ2v) is 25.4. The lowest BCUT2D eigenvalue weighted by Crippen LogP contribution is -2.50. The number of amides is 1. The molecule has 322 valence electrons. The zero-order valence-electron chi connectivity index (χ0n) is 35.3. The minimum atomic E-state index is -4.40. The average molecular weight is 861 g/mol. The molecule has 0 N–H and O–H groups in total. The van der Waals surface area contributed by atoms with Crippen molar-refractivity contribution in [3.8, 4) is 0 Å². The summed E-state index contributed by atoms with van der Waals surface area (Å²) < 4.78 is 71.3. The average Bonchev–Trinajstić information content (AvgIpc) is 3.88. The third-order valence-corrected chi connectivity index (χ3v) is 14.2. The van der Waals surface area contributed by atoms with Gasteiger partial charge in [0.05, 0.1) is 38.7 Å². The molecule has 2 saturated heterocycles. The quantitative estimate of drug-likeness (QED) is 0.0613. The zero-order valence-corrected chi connectivity index (χ0v) is 38.0. The lowest BCUT2D eigenvalue weighted by atomic mass is 10.1. The molecule has 5 rings (SSSR count). The van der Waals surface area contributed by atoms with Gasteiger partial charge >= 0.3 is 19.7 Å². The highest BCUT2D eigenvalue weighted by molar-refractivity contribution is 7.56. The van der Waals surface area contributed by atoms with Crippen LogP contribution in [0.15, 0.2) is 12.1 Å². The smallest absolute Gasteiger partial charge is 0.416 e. The van der Waals surface area contributed by atoms with Crippen molar-refractivity contribution in [1.29, 1.82) is 0 Å². The summed E-state index contributed by atoms with van der Waals surface area (Å²) in [6.07, 6.45) is -0.0872. The standard InChI is InChI=1S/C38H62ClN4O12PSi/c1-12-48-33(44)38(24-47-21-22-57(9,10)11,56(46,50-13-2)51-14-3)49-23-28-30-31(54-37(7,8)53-30)29(52-28)26-19-20-27-32(40-34(39)41-43(26)27)42(25-17-15-16-18-25)35(45)55-36(4,5)6/h19-20,25,28-31H,12-18,21-24H2,1-11H3/t28-,29-,30-,31+,38-/m1/s1. The van der Waals surface area contributed by atoms with Gasteiger partial charge in [-0.05, 0) is 98.0 Å². The summed E-state index contributed by atoms with van der Waals surface area (Å²) in [6.45, 7) is 20.1. The van der Waals surface area contributed by atoms with E-state index < -0.39 is 75.5 Å². The number of carbonyl (C=O) groups excluding carboxylic acids is 2. The van der Waals surface area contributed by atoms with Gasteiger partial charge in [-0.1, -0.05) is 32.5 Å². The molecule has 4 heterocycles. The summed E-state index contributed by atoms with van der Waals surface area (Å²) in [5, 5.41) is 2.18. The molecule has 1 amide bonds. The van der Waals surface area contributed by atoms with Gasteiger partial charge < -0.3 is 42.2 Å². The first-order valence-electron chi connectivity index (χ1n) is 20.0. The van der Waals surface area contributed by atoms with Crippen molar-refractivity contribution >= 4 is 50.7 Å². The highest BCUT2D eigenvalue weighted by Gasteiger charge is 2.63. The van der Waals surface area contributed by atoms with E-state index >= 15 is 0 Å². The lowest BCUT2D eigenvalue weighted by Gasteiger charge is -2.37. The van der Waals surface area contributed by atoms with E-state index in [0.717, 1.165) is 31.7 Å². The number of halogens is 1. The number of rotatable bonds is 18. The third kappa shape index (κ3) is 10.4. The number of ether oxygens (including phenoxy) is 7. The van der Waals surface area contributed by atoms with Crippen molar-refractivity contribution in [1.82, 2.24) is 14.6 Å². The van der Waals surface area contributed by atoms with Crippen LogP contribution in [0.5, 0.6) is 0 Å². The fraction of sp³-hybridized carbons (Fsp3) is 0.789. The predicted molar refractivity (Wildman–Crippen MR) is 216 cm³/mol. The van der Waals surface area contributed by atoms with Crippen LogP contribution in [0.3, 0.4) is 0 Å². The minimum Gasteiger partial charge on any atom is -0.463 e. The molecule has 3 fully saturated rings. The number of nitrogens with zero attached hydrogens (tertiary/aromatic N) is 4. The molecule has 0 spiro atoms. The number of aromatic nitrogens is 3. The summed E-state index contributed by atoms with van der Waals surface area (Å²) in [6, 6.07) is 4.27. The van der Waals surface area contributed by atoms with Crippen molar-refractivity contribution in [2.75, 3.05) is 44.5 Å². The molecule has 1 aliphatic carbocycles. The first-order valence-corrected chi connectivity index (χ1v) is 25.7. The van der Waals surface area contributed by atoms with E-state index in [9.17, 15) is 14.2 Å². The molecule has 3 aliphatic rings. The first kappa shape index (κ1) is 45.9. The molecule has 19 heteroatoms. The van der Waals surface area contributed by atoms with Crippen LogP contribution in [0.4, 0.5) is 10.6 Å². The molecule has 0 bridgehead atoms. The van der Waals surface area contributed by atoms with Gasteiger partial charge in [0.15, 0.2) is 11.6 Å². The zero-order chi connectivity index (χ0) is 42.0. The van der Waals surface area contributed by atoms with Crippen LogP contribution in [0, 0.1) is 0 Å². The van der Waals surface area contributed by atoms with E-state index in [4.69, 9.17) is 53.8 Å². The second kappa shape index (κ2) is 18.2. The molecular formula is C38H62ClN4O12PSi. The SMILES string of the molecule is CCOC(=O)[C@](COCC[Si](C)(C)C)(OC[C@H]1O[C@H](c2ccc3c(N(C(=O)OC(C)(C)C)C4CCCC4)nc(Cl)nn23)[C@@H]2OC(C)(C)O[C@@H]21)P(=O)(OCC)OCC. The number of fused-ring (bicyclic) bond motifs is 2. The summed E-state index contributed by atoms with van der Waals surface area (Å²) >= 11 is 6.62. The maximum atomic E-state index is 14.7. The highest BCUT2D eigenvalue weighted by atomic mass is 35.5. The van der Waals surface area contributed by atoms with Crippen molar-refractivity contribution in [2.45, 2.75) is 154 Å². The van der Waals surface area contributed by atoms with E-state index in [2.05, 4.69) is 29.7 Å². The third-order valence-electron chi connectivity index (χ3n) is 9.86. The summed E-state index contributed by atoms with van der Waals surface area (Å²) in [4.78, 5) is 34.0. The van der Waals surface area contributed by atoms with Crippen LogP contribution in [-0.2, 0) is 51.6 Å². The molecule has 5 atom stereocenters. The maximum Gasteiger partial charge on any atom is 0.416 e. The number of anilines is 1. The monoisotopic (exact) mass is 860 g/mol. The Morgan fingerprint density at radius 3 is 2.28 bits per heavy atom. The molecule has 57 heavy (non-hydrogen) atoms. The Kier molecular flexibility index (Phi) is 14.7. The van der Waals surface area contributed by atoms with Crippen molar-refractivity contribution < 1.29 is 56.4 Å². The molecule has 0 unspecified atom stereocenters. The Balaban J connectivity index is 1.52. The Labute approximate surface area is 342 Å². The topological polar surface area (TPSA) is 168 Å². The Hall–Kier alpha value is -2.18. The first-order chi connectivity index (χ1) is 26.7. The Bertz CT molecular complexity index is 1750. The molecule has 0 radical (unpaired) electrons. The van der Waals surface area contributed by atoms with Crippen LogP contribution in [0.1, 0.15) is 92.9 Å². The fourth-order valence-electron chi connectivity index (χ4n) is 7.37. The predicted octanol–water partition coefficient (Wildman–Crippen LogP) is 7.92. The molecule has 2 aromatic rings. The van der Waals surface area contributed by atoms with Crippen LogP contribution in [-0.4, -0.2) is 115 Å². The van der Waals surface area contributed by atoms with Crippen molar-refractivity contribution in [2.24, 2.45) is 0 Å². The highest BCUT2D eigenvalue weighted by Crippen LogP contribution is 2.62. The maximum absolute atomic E-state index is 14.7. The van der Waals surface area contributed by atoms with E-state index in [-0.39, 0.29) is 37.8 Å². The number of carbonyl (C=O) groups is 2. The second-order valence-electron chi connectivity index (χ2n) is 17.2. The summed E-state index contributed by atoms with van der Waals surface area (Å²) in [5.41, 5.74) is 0.316. The van der Waals surface area contributed by atoms with Crippen molar-refractivity contribution in [3.63, 3.8) is 0 Å². The number of hydrogen-bond donors (Lipinski definition) is 0. The van der Waals surface area contributed by atoms with E-state index in [0.29, 0.717) is 23.6 Å². The van der Waals surface area contributed by atoms with Gasteiger partial charge in [0.1, 0.15) is 35.5 Å². The Morgan fingerprint density at radius 2 is 1.68 bits per heavy atom. The van der Waals surface area contributed by atoms with Crippen molar-refractivity contribution in [3.05, 3.63) is 23.1 Å². The molecule has 0 aromatic carbocycles. The molecular weight excluding hydrogens is 799 g/mol.